The third-order valence-electron chi connectivity index (χ3n) is 4.09. The predicted octanol–water partition coefficient (Wildman–Crippen LogP) is 2.23. The summed E-state index contributed by atoms with van der Waals surface area (Å²) in [5.74, 6) is 0.363. The van der Waals surface area contributed by atoms with Gasteiger partial charge in [-0.3, -0.25) is 4.90 Å². The van der Waals surface area contributed by atoms with Crippen LogP contribution in [0, 0.1) is 0 Å². The summed E-state index contributed by atoms with van der Waals surface area (Å²) in [6, 6.07) is 5.44. The van der Waals surface area contributed by atoms with Crippen molar-refractivity contribution < 1.29 is 10.2 Å². The highest BCUT2D eigenvalue weighted by molar-refractivity contribution is 5.45. The number of benzene rings is 1. The molecule has 4 heteroatoms. The molecule has 1 heterocycles. The number of likely N-dealkylation sites (tertiary alicyclic amines) is 1. The summed E-state index contributed by atoms with van der Waals surface area (Å²) in [4.78, 5) is 2.38. The molecule has 1 aliphatic heterocycles. The Morgan fingerprint density at radius 3 is 2.63 bits per heavy atom. The van der Waals surface area contributed by atoms with E-state index in [4.69, 9.17) is 0 Å². The van der Waals surface area contributed by atoms with E-state index in [1.807, 2.05) is 7.05 Å². The summed E-state index contributed by atoms with van der Waals surface area (Å²) in [5.41, 5.74) is 0.644. The van der Waals surface area contributed by atoms with Gasteiger partial charge in [-0.15, -0.1) is 0 Å². The number of phenols is 2. The van der Waals surface area contributed by atoms with Crippen LogP contribution in [0.4, 0.5) is 0 Å². The van der Waals surface area contributed by atoms with E-state index in [0.717, 1.165) is 13.1 Å². The smallest absolute Gasteiger partial charge is 0.124 e. The summed E-state index contributed by atoms with van der Waals surface area (Å²) in [7, 11) is 1.97. The Hall–Kier alpha value is -1.26. The van der Waals surface area contributed by atoms with Crippen LogP contribution in [-0.2, 0) is 0 Å². The SMILES string of the molecule is CNCC1CCCCN1C(C)c1c(O)cccc1O. The molecule has 2 rings (SSSR count). The zero-order chi connectivity index (χ0) is 13.8. The first-order valence-electron chi connectivity index (χ1n) is 7.06. The Kier molecular flexibility index (Phi) is 4.66. The van der Waals surface area contributed by atoms with Crippen molar-refractivity contribution in [1.82, 2.24) is 10.2 Å². The average molecular weight is 264 g/mol. The molecule has 0 bridgehead atoms. The lowest BCUT2D eigenvalue weighted by Crippen LogP contribution is -2.45. The van der Waals surface area contributed by atoms with Crippen molar-refractivity contribution in [1.29, 1.82) is 0 Å². The second kappa shape index (κ2) is 6.26. The minimum atomic E-state index is 0.0276. The molecule has 2 atom stereocenters. The van der Waals surface area contributed by atoms with Crippen LogP contribution >= 0.6 is 0 Å². The average Bonchev–Trinajstić information content (AvgIpc) is 2.39. The fourth-order valence-corrected chi connectivity index (χ4v) is 3.12. The number of hydrogen-bond acceptors (Lipinski definition) is 4. The minimum absolute atomic E-state index is 0.0276. The number of phenolic OH excluding ortho intramolecular Hbond substituents is 2. The quantitative estimate of drug-likeness (QED) is 0.780. The van der Waals surface area contributed by atoms with Crippen LogP contribution in [0.1, 0.15) is 37.8 Å². The standard InChI is InChI=1S/C15H24N2O2/c1-11(15-13(18)7-5-8-14(15)19)17-9-4-3-6-12(17)10-16-2/h5,7-8,11-12,16,18-19H,3-4,6,9-10H2,1-2H3. The second-order valence-electron chi connectivity index (χ2n) is 5.33. The Labute approximate surface area is 115 Å². The summed E-state index contributed by atoms with van der Waals surface area (Å²) in [6.45, 7) is 4.02. The van der Waals surface area contributed by atoms with Crippen molar-refractivity contribution in [2.45, 2.75) is 38.3 Å². The highest BCUT2D eigenvalue weighted by Crippen LogP contribution is 2.37. The van der Waals surface area contributed by atoms with E-state index < -0.39 is 0 Å². The fourth-order valence-electron chi connectivity index (χ4n) is 3.12. The molecule has 0 aliphatic carbocycles. The third-order valence-corrected chi connectivity index (χ3v) is 4.09. The Morgan fingerprint density at radius 1 is 1.32 bits per heavy atom. The van der Waals surface area contributed by atoms with E-state index in [0.29, 0.717) is 11.6 Å². The molecule has 106 valence electrons. The van der Waals surface area contributed by atoms with E-state index in [1.165, 1.54) is 19.3 Å². The van der Waals surface area contributed by atoms with Crippen molar-refractivity contribution in [2.75, 3.05) is 20.1 Å². The lowest BCUT2D eigenvalue weighted by molar-refractivity contribution is 0.100. The van der Waals surface area contributed by atoms with E-state index in [-0.39, 0.29) is 17.5 Å². The zero-order valence-electron chi connectivity index (χ0n) is 11.8. The van der Waals surface area contributed by atoms with Crippen molar-refractivity contribution in [3.8, 4) is 11.5 Å². The molecule has 19 heavy (non-hydrogen) atoms. The van der Waals surface area contributed by atoms with Crippen LogP contribution in [0.15, 0.2) is 18.2 Å². The number of nitrogens with zero attached hydrogens (tertiary/aromatic N) is 1. The lowest BCUT2D eigenvalue weighted by Gasteiger charge is -2.40. The number of hydrogen-bond donors (Lipinski definition) is 3. The second-order valence-corrected chi connectivity index (χ2v) is 5.33. The molecular weight excluding hydrogens is 240 g/mol. The normalized spacial score (nSPS) is 22.3. The molecule has 2 unspecified atom stereocenters. The van der Waals surface area contributed by atoms with Gasteiger partial charge in [0.2, 0.25) is 0 Å². The van der Waals surface area contributed by atoms with Gasteiger partial charge >= 0.3 is 0 Å². The number of piperidine rings is 1. The predicted molar refractivity (Wildman–Crippen MR) is 76.5 cm³/mol. The summed E-state index contributed by atoms with van der Waals surface area (Å²) < 4.78 is 0. The van der Waals surface area contributed by atoms with E-state index in [9.17, 15) is 10.2 Å². The first kappa shape index (κ1) is 14.2. The van der Waals surface area contributed by atoms with Crippen LogP contribution < -0.4 is 5.32 Å². The lowest BCUT2D eigenvalue weighted by atomic mass is 9.96. The summed E-state index contributed by atoms with van der Waals surface area (Å²) in [6.07, 6.45) is 3.60. The molecule has 0 aromatic heterocycles. The summed E-state index contributed by atoms with van der Waals surface area (Å²) in [5, 5.41) is 23.2. The number of aromatic hydroxyl groups is 2. The maximum absolute atomic E-state index is 10.0. The maximum Gasteiger partial charge on any atom is 0.124 e. The molecule has 0 radical (unpaired) electrons. The van der Waals surface area contributed by atoms with Crippen LogP contribution in [0.3, 0.4) is 0 Å². The molecule has 1 fully saturated rings. The third kappa shape index (κ3) is 3.01. The molecule has 1 aliphatic rings. The van der Waals surface area contributed by atoms with E-state index in [1.54, 1.807) is 18.2 Å². The van der Waals surface area contributed by atoms with Gasteiger partial charge < -0.3 is 15.5 Å². The molecular formula is C15H24N2O2. The van der Waals surface area contributed by atoms with Gasteiger partial charge in [0.05, 0.1) is 5.56 Å². The minimum Gasteiger partial charge on any atom is -0.507 e. The van der Waals surface area contributed by atoms with Crippen LogP contribution in [-0.4, -0.2) is 41.3 Å². The van der Waals surface area contributed by atoms with Gasteiger partial charge in [-0.2, -0.15) is 0 Å². The molecule has 3 N–H and O–H groups in total. The molecule has 0 amide bonds. The van der Waals surface area contributed by atoms with Crippen LogP contribution in [0.5, 0.6) is 11.5 Å². The highest BCUT2D eigenvalue weighted by atomic mass is 16.3. The highest BCUT2D eigenvalue weighted by Gasteiger charge is 2.29. The van der Waals surface area contributed by atoms with Gasteiger partial charge in [-0.05, 0) is 45.5 Å². The van der Waals surface area contributed by atoms with Gasteiger partial charge in [0, 0.05) is 18.6 Å². The van der Waals surface area contributed by atoms with Crippen LogP contribution in [0.2, 0.25) is 0 Å². The zero-order valence-corrected chi connectivity index (χ0v) is 11.8. The first-order chi connectivity index (χ1) is 9.15. The Morgan fingerprint density at radius 2 is 2.00 bits per heavy atom. The monoisotopic (exact) mass is 264 g/mol. The fraction of sp³-hybridized carbons (Fsp3) is 0.600. The molecule has 0 saturated carbocycles. The van der Waals surface area contributed by atoms with Gasteiger partial charge in [0.25, 0.3) is 0 Å². The maximum atomic E-state index is 10.0. The van der Waals surface area contributed by atoms with Gasteiger partial charge in [-0.25, -0.2) is 0 Å². The van der Waals surface area contributed by atoms with E-state index in [2.05, 4.69) is 17.1 Å². The van der Waals surface area contributed by atoms with Gasteiger partial charge in [0.1, 0.15) is 11.5 Å². The van der Waals surface area contributed by atoms with Crippen molar-refractivity contribution in [2.24, 2.45) is 0 Å². The summed E-state index contributed by atoms with van der Waals surface area (Å²) >= 11 is 0. The number of nitrogens with one attached hydrogen (secondary N) is 1. The van der Waals surface area contributed by atoms with Crippen molar-refractivity contribution in [3.05, 3.63) is 23.8 Å². The van der Waals surface area contributed by atoms with Gasteiger partial charge in [0.15, 0.2) is 0 Å². The van der Waals surface area contributed by atoms with E-state index >= 15 is 0 Å². The number of likely N-dealkylation sites (N-methyl/N-ethyl adjacent to an activating group) is 1. The van der Waals surface area contributed by atoms with Crippen molar-refractivity contribution >= 4 is 0 Å². The number of rotatable bonds is 4. The van der Waals surface area contributed by atoms with Gasteiger partial charge in [-0.1, -0.05) is 12.5 Å². The molecule has 1 aromatic rings. The van der Waals surface area contributed by atoms with Crippen molar-refractivity contribution in [3.63, 3.8) is 0 Å². The van der Waals surface area contributed by atoms with Crippen LogP contribution in [0.25, 0.3) is 0 Å². The molecule has 1 aromatic carbocycles. The first-order valence-corrected chi connectivity index (χ1v) is 7.06. The topological polar surface area (TPSA) is 55.7 Å². The molecule has 1 saturated heterocycles. The molecule has 0 spiro atoms. The largest absolute Gasteiger partial charge is 0.507 e. The molecule has 4 nitrogen and oxygen atoms in total. The Bertz CT molecular complexity index is 400. The Balaban J connectivity index is 2.23.